The Hall–Kier alpha value is -3.26. The van der Waals surface area contributed by atoms with Crippen molar-refractivity contribution in [3.63, 3.8) is 0 Å². The molecule has 8 heteroatoms. The van der Waals surface area contributed by atoms with Crippen LogP contribution in [-0.4, -0.2) is 57.2 Å². The molecule has 2 amide bonds. The number of anilines is 1. The summed E-state index contributed by atoms with van der Waals surface area (Å²) in [6.45, 7) is 5.99. The Morgan fingerprint density at radius 1 is 1.13 bits per heavy atom. The van der Waals surface area contributed by atoms with Gasteiger partial charge >= 0.3 is 0 Å². The van der Waals surface area contributed by atoms with Crippen LogP contribution >= 0.6 is 0 Å². The lowest BCUT2D eigenvalue weighted by atomic mass is 10.0. The van der Waals surface area contributed by atoms with Gasteiger partial charge in [0, 0.05) is 42.4 Å². The SMILES string of the molecule is CC(C)n1ncc2cc(C(=O)NC3CCN(CC(=O)Nc4ccccc4)CC3)cnc21. The molecule has 0 bridgehead atoms. The van der Waals surface area contributed by atoms with Crippen molar-refractivity contribution in [2.75, 3.05) is 25.0 Å². The number of amides is 2. The summed E-state index contributed by atoms with van der Waals surface area (Å²) < 4.78 is 1.85. The van der Waals surface area contributed by atoms with Crippen LogP contribution in [0.1, 0.15) is 43.1 Å². The van der Waals surface area contributed by atoms with E-state index in [1.54, 1.807) is 12.4 Å². The largest absolute Gasteiger partial charge is 0.349 e. The number of benzene rings is 1. The molecule has 8 nitrogen and oxygen atoms in total. The Kier molecular flexibility index (Phi) is 6.27. The molecule has 1 aromatic carbocycles. The molecule has 3 heterocycles. The van der Waals surface area contributed by atoms with Crippen molar-refractivity contribution in [2.24, 2.45) is 0 Å². The molecule has 31 heavy (non-hydrogen) atoms. The molecule has 0 atom stereocenters. The fourth-order valence-corrected chi connectivity index (χ4v) is 3.87. The van der Waals surface area contributed by atoms with Gasteiger partial charge in [0.25, 0.3) is 5.91 Å². The average molecular weight is 421 g/mol. The van der Waals surface area contributed by atoms with Gasteiger partial charge in [-0.15, -0.1) is 0 Å². The molecule has 0 spiro atoms. The number of hydrogen-bond acceptors (Lipinski definition) is 5. The number of carbonyl (C=O) groups excluding carboxylic acids is 2. The molecule has 1 aliphatic heterocycles. The molecule has 2 N–H and O–H groups in total. The molecular formula is C23H28N6O2. The topological polar surface area (TPSA) is 92.2 Å². The third kappa shape index (κ3) is 5.08. The number of para-hydroxylation sites is 1. The third-order valence-corrected chi connectivity index (χ3v) is 5.53. The summed E-state index contributed by atoms with van der Waals surface area (Å²) in [5.74, 6) is -0.137. The van der Waals surface area contributed by atoms with Crippen molar-refractivity contribution in [3.05, 3.63) is 54.4 Å². The molecular weight excluding hydrogens is 392 g/mol. The van der Waals surface area contributed by atoms with Gasteiger partial charge in [0.05, 0.1) is 18.3 Å². The van der Waals surface area contributed by atoms with Crippen LogP contribution in [0.4, 0.5) is 5.69 Å². The number of piperidine rings is 1. The van der Waals surface area contributed by atoms with Gasteiger partial charge < -0.3 is 10.6 Å². The number of nitrogens with one attached hydrogen (secondary N) is 2. The number of nitrogens with zero attached hydrogens (tertiary/aromatic N) is 4. The van der Waals surface area contributed by atoms with E-state index < -0.39 is 0 Å². The smallest absolute Gasteiger partial charge is 0.253 e. The fourth-order valence-electron chi connectivity index (χ4n) is 3.87. The van der Waals surface area contributed by atoms with Crippen molar-refractivity contribution >= 4 is 28.5 Å². The second-order valence-corrected chi connectivity index (χ2v) is 8.26. The predicted octanol–water partition coefficient (Wildman–Crippen LogP) is 2.85. The normalized spacial score (nSPS) is 15.3. The van der Waals surface area contributed by atoms with E-state index in [9.17, 15) is 9.59 Å². The second kappa shape index (κ2) is 9.26. The molecule has 1 fully saturated rings. The Labute approximate surface area is 181 Å². The average Bonchev–Trinajstić information content (AvgIpc) is 3.19. The summed E-state index contributed by atoms with van der Waals surface area (Å²) in [4.78, 5) is 31.5. The Morgan fingerprint density at radius 2 is 1.87 bits per heavy atom. The van der Waals surface area contributed by atoms with E-state index >= 15 is 0 Å². The Bertz CT molecular complexity index is 1050. The summed E-state index contributed by atoms with van der Waals surface area (Å²) in [6.07, 6.45) is 4.98. The molecule has 3 aromatic rings. The highest BCUT2D eigenvalue weighted by Gasteiger charge is 2.23. The van der Waals surface area contributed by atoms with Crippen molar-refractivity contribution in [3.8, 4) is 0 Å². The maximum atomic E-state index is 12.7. The van der Waals surface area contributed by atoms with Crippen molar-refractivity contribution < 1.29 is 9.59 Å². The van der Waals surface area contributed by atoms with Crippen LogP contribution in [0.25, 0.3) is 11.0 Å². The lowest BCUT2D eigenvalue weighted by molar-refractivity contribution is -0.117. The molecule has 2 aromatic heterocycles. The number of carbonyl (C=O) groups is 2. The summed E-state index contributed by atoms with van der Waals surface area (Å²) in [6, 6.07) is 11.6. The molecule has 0 aliphatic carbocycles. The first-order valence-corrected chi connectivity index (χ1v) is 10.7. The third-order valence-electron chi connectivity index (χ3n) is 5.53. The van der Waals surface area contributed by atoms with E-state index in [0.29, 0.717) is 12.1 Å². The minimum absolute atomic E-state index is 0.0185. The Balaban J connectivity index is 1.27. The monoisotopic (exact) mass is 420 g/mol. The van der Waals surface area contributed by atoms with Crippen LogP contribution in [-0.2, 0) is 4.79 Å². The summed E-state index contributed by atoms with van der Waals surface area (Å²) in [5.41, 5.74) is 2.13. The number of pyridine rings is 1. The van der Waals surface area contributed by atoms with Crippen LogP contribution in [0, 0.1) is 0 Å². The zero-order valence-electron chi connectivity index (χ0n) is 17.9. The van der Waals surface area contributed by atoms with E-state index in [0.717, 1.165) is 42.7 Å². The van der Waals surface area contributed by atoms with E-state index in [2.05, 4.69) is 25.6 Å². The first-order valence-electron chi connectivity index (χ1n) is 10.7. The minimum Gasteiger partial charge on any atom is -0.349 e. The number of fused-ring (bicyclic) bond motifs is 1. The van der Waals surface area contributed by atoms with Gasteiger partial charge in [0.15, 0.2) is 5.65 Å². The number of likely N-dealkylation sites (tertiary alicyclic amines) is 1. The van der Waals surface area contributed by atoms with Crippen molar-refractivity contribution in [1.82, 2.24) is 25.0 Å². The number of hydrogen-bond donors (Lipinski definition) is 2. The number of aromatic nitrogens is 3. The van der Waals surface area contributed by atoms with Crippen molar-refractivity contribution in [2.45, 2.75) is 38.8 Å². The van der Waals surface area contributed by atoms with Gasteiger partial charge in [-0.25, -0.2) is 9.67 Å². The van der Waals surface area contributed by atoms with Crippen LogP contribution < -0.4 is 10.6 Å². The van der Waals surface area contributed by atoms with E-state index in [1.807, 2.05) is 54.9 Å². The van der Waals surface area contributed by atoms with Crippen LogP contribution in [0.15, 0.2) is 48.8 Å². The molecule has 162 valence electrons. The first-order chi connectivity index (χ1) is 15.0. The summed E-state index contributed by atoms with van der Waals surface area (Å²) in [7, 11) is 0. The van der Waals surface area contributed by atoms with E-state index in [-0.39, 0.29) is 23.9 Å². The first kappa shape index (κ1) is 21.0. The molecule has 0 saturated carbocycles. The summed E-state index contributed by atoms with van der Waals surface area (Å²) >= 11 is 0. The minimum atomic E-state index is -0.119. The van der Waals surface area contributed by atoms with Gasteiger partial charge in [0.1, 0.15) is 0 Å². The van der Waals surface area contributed by atoms with Gasteiger partial charge in [-0.05, 0) is 44.9 Å². The van der Waals surface area contributed by atoms with Crippen LogP contribution in [0.5, 0.6) is 0 Å². The highest BCUT2D eigenvalue weighted by molar-refractivity contribution is 5.97. The molecule has 0 radical (unpaired) electrons. The Morgan fingerprint density at radius 3 is 2.58 bits per heavy atom. The zero-order chi connectivity index (χ0) is 21.8. The molecule has 1 aliphatic rings. The van der Waals surface area contributed by atoms with Crippen LogP contribution in [0.3, 0.4) is 0 Å². The number of rotatable bonds is 6. The van der Waals surface area contributed by atoms with Crippen LogP contribution in [0.2, 0.25) is 0 Å². The van der Waals surface area contributed by atoms with Gasteiger partial charge in [0.2, 0.25) is 5.91 Å². The highest BCUT2D eigenvalue weighted by Crippen LogP contribution is 2.17. The lowest BCUT2D eigenvalue weighted by Gasteiger charge is -2.31. The lowest BCUT2D eigenvalue weighted by Crippen LogP contribution is -2.46. The van der Waals surface area contributed by atoms with Gasteiger partial charge in [-0.2, -0.15) is 5.10 Å². The van der Waals surface area contributed by atoms with Gasteiger partial charge in [-0.3, -0.25) is 14.5 Å². The summed E-state index contributed by atoms with van der Waals surface area (Å²) in [5, 5.41) is 11.2. The molecule has 4 rings (SSSR count). The van der Waals surface area contributed by atoms with Crippen molar-refractivity contribution in [1.29, 1.82) is 0 Å². The maximum Gasteiger partial charge on any atom is 0.253 e. The quantitative estimate of drug-likeness (QED) is 0.640. The van der Waals surface area contributed by atoms with E-state index in [1.165, 1.54) is 0 Å². The predicted molar refractivity (Wildman–Crippen MR) is 120 cm³/mol. The highest BCUT2D eigenvalue weighted by atomic mass is 16.2. The maximum absolute atomic E-state index is 12.7. The molecule has 0 unspecified atom stereocenters. The van der Waals surface area contributed by atoms with Gasteiger partial charge in [-0.1, -0.05) is 18.2 Å². The standard InChI is InChI=1S/C23H28N6O2/c1-16(2)29-22-17(14-25-29)12-18(13-24-22)23(31)27-20-8-10-28(11-9-20)15-21(30)26-19-6-4-3-5-7-19/h3-7,12-14,16,20H,8-11,15H2,1-2H3,(H,26,30)(H,27,31). The second-order valence-electron chi connectivity index (χ2n) is 8.26. The molecule has 1 saturated heterocycles. The van der Waals surface area contributed by atoms with E-state index in [4.69, 9.17) is 0 Å². The zero-order valence-corrected chi connectivity index (χ0v) is 17.9. The fraction of sp³-hybridized carbons (Fsp3) is 0.391.